The lowest BCUT2D eigenvalue weighted by Gasteiger charge is -2.32. The Labute approximate surface area is 97.2 Å². The fourth-order valence-electron chi connectivity index (χ4n) is 2.23. The van der Waals surface area contributed by atoms with Crippen molar-refractivity contribution in [1.29, 1.82) is 0 Å². The molecule has 0 aromatic carbocycles. The molecule has 1 fully saturated rings. The van der Waals surface area contributed by atoms with Crippen LogP contribution < -0.4 is 0 Å². The minimum Gasteiger partial charge on any atom is -0.374 e. The molecule has 0 bridgehead atoms. The summed E-state index contributed by atoms with van der Waals surface area (Å²) in [6, 6.07) is 2.11. The molecule has 2 heterocycles. The van der Waals surface area contributed by atoms with Crippen LogP contribution in [0.1, 0.15) is 18.3 Å². The summed E-state index contributed by atoms with van der Waals surface area (Å²) in [5.41, 5.74) is 2.30. The van der Waals surface area contributed by atoms with Crippen LogP contribution in [0.5, 0.6) is 0 Å². The third kappa shape index (κ3) is 2.62. The summed E-state index contributed by atoms with van der Waals surface area (Å²) in [6.07, 6.45) is 0.284. The van der Waals surface area contributed by atoms with E-state index in [1.165, 1.54) is 5.69 Å². The maximum atomic E-state index is 5.78. The van der Waals surface area contributed by atoms with E-state index in [1.54, 1.807) is 0 Å². The van der Waals surface area contributed by atoms with Crippen molar-refractivity contribution in [2.24, 2.45) is 0 Å². The van der Waals surface area contributed by atoms with Crippen molar-refractivity contribution in [1.82, 2.24) is 14.7 Å². The normalized spacial score (nSPS) is 22.6. The molecule has 0 aliphatic carbocycles. The summed E-state index contributed by atoms with van der Waals surface area (Å²) in [6.45, 7) is 11.2. The van der Waals surface area contributed by atoms with Crippen LogP contribution in [-0.4, -0.2) is 47.0 Å². The average Bonchev–Trinajstić information content (AvgIpc) is 2.58. The number of hydrogen-bond donors (Lipinski definition) is 0. The third-order valence-electron chi connectivity index (χ3n) is 3.15. The molecule has 2 rings (SSSR count). The summed E-state index contributed by atoms with van der Waals surface area (Å²) in [7, 11) is 0. The largest absolute Gasteiger partial charge is 0.374 e. The lowest BCUT2D eigenvalue weighted by molar-refractivity contribution is -0.0360. The predicted molar refractivity (Wildman–Crippen MR) is 63.6 cm³/mol. The molecule has 0 radical (unpaired) electrons. The van der Waals surface area contributed by atoms with E-state index in [0.717, 1.165) is 38.5 Å². The highest BCUT2D eigenvalue weighted by molar-refractivity contribution is 5.06. The van der Waals surface area contributed by atoms with Gasteiger partial charge < -0.3 is 4.74 Å². The van der Waals surface area contributed by atoms with Gasteiger partial charge in [-0.2, -0.15) is 5.10 Å². The maximum absolute atomic E-state index is 5.78. The van der Waals surface area contributed by atoms with Gasteiger partial charge in [0.1, 0.15) is 0 Å². The van der Waals surface area contributed by atoms with Crippen LogP contribution in [0.15, 0.2) is 6.07 Å². The van der Waals surface area contributed by atoms with Gasteiger partial charge in [-0.15, -0.1) is 0 Å². The first kappa shape index (κ1) is 11.6. The Balaban J connectivity index is 1.96. The summed E-state index contributed by atoms with van der Waals surface area (Å²) in [5, 5.41) is 4.47. The molecule has 4 nitrogen and oxygen atoms in total. The van der Waals surface area contributed by atoms with Crippen LogP contribution >= 0.6 is 0 Å². The molecule has 0 saturated carbocycles. The van der Waals surface area contributed by atoms with Gasteiger partial charge >= 0.3 is 0 Å². The number of morpholine rings is 1. The molecule has 1 aliphatic rings. The number of aryl methyl sites for hydroxylation is 2. The SMILES string of the molecule is CCN1CCOC(Cn2nc(C)cc2C)C1. The number of hydrogen-bond acceptors (Lipinski definition) is 3. The first-order valence-electron chi connectivity index (χ1n) is 6.04. The van der Waals surface area contributed by atoms with E-state index < -0.39 is 0 Å². The molecule has 1 aliphatic heterocycles. The lowest BCUT2D eigenvalue weighted by atomic mass is 10.2. The predicted octanol–water partition coefficient (Wildman–Crippen LogP) is 1.22. The highest BCUT2D eigenvalue weighted by atomic mass is 16.5. The Morgan fingerprint density at radius 1 is 1.50 bits per heavy atom. The van der Waals surface area contributed by atoms with E-state index in [2.05, 4.69) is 34.6 Å². The highest BCUT2D eigenvalue weighted by Crippen LogP contribution is 2.09. The summed E-state index contributed by atoms with van der Waals surface area (Å²) in [4.78, 5) is 2.43. The van der Waals surface area contributed by atoms with Gasteiger partial charge in [-0.25, -0.2) is 0 Å². The van der Waals surface area contributed by atoms with Crippen molar-refractivity contribution >= 4 is 0 Å². The Bertz CT molecular complexity index is 348. The zero-order valence-corrected chi connectivity index (χ0v) is 10.4. The van der Waals surface area contributed by atoms with E-state index in [1.807, 2.05) is 6.92 Å². The van der Waals surface area contributed by atoms with E-state index in [9.17, 15) is 0 Å². The Kier molecular flexibility index (Phi) is 3.61. The first-order valence-corrected chi connectivity index (χ1v) is 6.04. The quantitative estimate of drug-likeness (QED) is 0.772. The third-order valence-corrected chi connectivity index (χ3v) is 3.15. The average molecular weight is 223 g/mol. The molecule has 1 saturated heterocycles. The van der Waals surface area contributed by atoms with Crippen molar-refractivity contribution in [2.45, 2.75) is 33.4 Å². The number of ether oxygens (including phenoxy) is 1. The second kappa shape index (κ2) is 4.97. The molecule has 16 heavy (non-hydrogen) atoms. The Morgan fingerprint density at radius 2 is 2.31 bits per heavy atom. The minimum absolute atomic E-state index is 0.284. The van der Waals surface area contributed by atoms with Crippen LogP contribution in [0.25, 0.3) is 0 Å². The molecule has 0 spiro atoms. The van der Waals surface area contributed by atoms with E-state index >= 15 is 0 Å². The van der Waals surface area contributed by atoms with Crippen molar-refractivity contribution in [3.63, 3.8) is 0 Å². The number of rotatable bonds is 3. The summed E-state index contributed by atoms with van der Waals surface area (Å²) >= 11 is 0. The lowest BCUT2D eigenvalue weighted by Crippen LogP contribution is -2.44. The Hall–Kier alpha value is -0.870. The molecule has 90 valence electrons. The van der Waals surface area contributed by atoms with Crippen molar-refractivity contribution in [3.8, 4) is 0 Å². The second-order valence-corrected chi connectivity index (χ2v) is 4.50. The van der Waals surface area contributed by atoms with Crippen LogP contribution in [0.2, 0.25) is 0 Å². The molecular weight excluding hydrogens is 202 g/mol. The topological polar surface area (TPSA) is 30.3 Å². The van der Waals surface area contributed by atoms with Crippen molar-refractivity contribution < 1.29 is 4.74 Å². The number of nitrogens with zero attached hydrogens (tertiary/aromatic N) is 3. The van der Waals surface area contributed by atoms with Gasteiger partial charge in [0.2, 0.25) is 0 Å². The standard InChI is InChI=1S/C12H21N3O/c1-4-14-5-6-16-12(8-14)9-15-11(3)7-10(2)13-15/h7,12H,4-6,8-9H2,1-3H3. The zero-order chi connectivity index (χ0) is 11.5. The molecule has 4 heteroatoms. The summed E-state index contributed by atoms with van der Waals surface area (Å²) < 4.78 is 7.83. The monoisotopic (exact) mass is 223 g/mol. The van der Waals surface area contributed by atoms with E-state index in [-0.39, 0.29) is 6.10 Å². The molecule has 1 unspecified atom stereocenters. The molecule has 0 N–H and O–H groups in total. The minimum atomic E-state index is 0.284. The van der Waals surface area contributed by atoms with Crippen LogP contribution in [0, 0.1) is 13.8 Å². The van der Waals surface area contributed by atoms with Gasteiger partial charge in [-0.1, -0.05) is 6.92 Å². The smallest absolute Gasteiger partial charge is 0.0898 e. The van der Waals surface area contributed by atoms with Gasteiger partial charge in [-0.05, 0) is 26.5 Å². The van der Waals surface area contributed by atoms with Gasteiger partial charge in [0, 0.05) is 18.8 Å². The number of likely N-dealkylation sites (N-methyl/N-ethyl adjacent to an activating group) is 1. The maximum Gasteiger partial charge on any atom is 0.0898 e. The zero-order valence-electron chi connectivity index (χ0n) is 10.4. The first-order chi connectivity index (χ1) is 7.69. The molecule has 1 atom stereocenters. The fraction of sp³-hybridized carbons (Fsp3) is 0.750. The van der Waals surface area contributed by atoms with Crippen molar-refractivity contribution in [3.05, 3.63) is 17.5 Å². The van der Waals surface area contributed by atoms with Crippen LogP contribution in [0.3, 0.4) is 0 Å². The molecule has 1 aromatic rings. The number of aromatic nitrogens is 2. The fourth-order valence-corrected chi connectivity index (χ4v) is 2.23. The van der Waals surface area contributed by atoms with Crippen molar-refractivity contribution in [2.75, 3.05) is 26.2 Å². The molecule has 1 aromatic heterocycles. The summed E-state index contributed by atoms with van der Waals surface area (Å²) in [5.74, 6) is 0. The van der Waals surface area contributed by atoms with Gasteiger partial charge in [0.05, 0.1) is 24.9 Å². The van der Waals surface area contributed by atoms with E-state index in [0.29, 0.717) is 0 Å². The molecule has 0 amide bonds. The van der Waals surface area contributed by atoms with Crippen LogP contribution in [0.4, 0.5) is 0 Å². The second-order valence-electron chi connectivity index (χ2n) is 4.50. The Morgan fingerprint density at radius 3 is 2.94 bits per heavy atom. The highest BCUT2D eigenvalue weighted by Gasteiger charge is 2.20. The molecular formula is C12H21N3O. The van der Waals surface area contributed by atoms with Gasteiger partial charge in [0.15, 0.2) is 0 Å². The van der Waals surface area contributed by atoms with Gasteiger partial charge in [0.25, 0.3) is 0 Å². The van der Waals surface area contributed by atoms with Crippen LogP contribution in [-0.2, 0) is 11.3 Å². The van der Waals surface area contributed by atoms with E-state index in [4.69, 9.17) is 4.74 Å². The van der Waals surface area contributed by atoms with Gasteiger partial charge in [-0.3, -0.25) is 9.58 Å².